The van der Waals surface area contributed by atoms with E-state index in [2.05, 4.69) is 59.6 Å². The average Bonchev–Trinajstić information content (AvgIpc) is 2.69. The number of nitrogens with zero attached hydrogens (tertiary/aromatic N) is 3. The second-order valence-corrected chi connectivity index (χ2v) is 7.11. The van der Waals surface area contributed by atoms with Crippen molar-refractivity contribution in [2.45, 2.75) is 46.4 Å². The minimum atomic E-state index is 0. The van der Waals surface area contributed by atoms with Crippen molar-refractivity contribution in [3.05, 3.63) is 53.2 Å². The number of aliphatic imine (C=N–C) groups is 1. The summed E-state index contributed by atoms with van der Waals surface area (Å²) >= 11 is 0. The van der Waals surface area contributed by atoms with E-state index in [-0.39, 0.29) is 30.1 Å². The number of benzene rings is 1. The molecule has 0 aliphatic carbocycles. The van der Waals surface area contributed by atoms with Crippen LogP contribution >= 0.6 is 24.0 Å². The van der Waals surface area contributed by atoms with Gasteiger partial charge in [-0.1, -0.05) is 25.1 Å². The predicted octanol–water partition coefficient (Wildman–Crippen LogP) is 4.12. The van der Waals surface area contributed by atoms with Crippen LogP contribution in [0, 0.1) is 6.92 Å². The van der Waals surface area contributed by atoms with E-state index in [9.17, 15) is 0 Å². The van der Waals surface area contributed by atoms with E-state index >= 15 is 0 Å². The Kier molecular flexibility index (Phi) is 10.8. The molecule has 2 N–H and O–H groups in total. The van der Waals surface area contributed by atoms with Crippen molar-refractivity contribution in [1.29, 1.82) is 0 Å². The summed E-state index contributed by atoms with van der Waals surface area (Å²) in [6.07, 6.45) is 1.16. The van der Waals surface area contributed by atoms with Gasteiger partial charge in [0.05, 0.1) is 18.3 Å². The topological polar surface area (TPSA) is 61.8 Å². The number of hydrogen-bond acceptors (Lipinski definition) is 4. The lowest BCUT2D eigenvalue weighted by Crippen LogP contribution is -2.36. The van der Waals surface area contributed by atoms with Crippen LogP contribution in [-0.2, 0) is 13.1 Å². The van der Waals surface area contributed by atoms with Gasteiger partial charge in [0.25, 0.3) is 0 Å². The van der Waals surface area contributed by atoms with E-state index in [1.807, 2.05) is 37.2 Å². The molecule has 0 aliphatic rings. The van der Waals surface area contributed by atoms with Crippen molar-refractivity contribution in [1.82, 2.24) is 15.6 Å². The zero-order valence-electron chi connectivity index (χ0n) is 18.3. The molecule has 1 aromatic carbocycles. The van der Waals surface area contributed by atoms with Gasteiger partial charge >= 0.3 is 0 Å². The lowest BCUT2D eigenvalue weighted by molar-refractivity contribution is 0.215. The molecule has 1 atom stereocenters. The third kappa shape index (κ3) is 8.08. The molecule has 0 spiro atoms. The van der Waals surface area contributed by atoms with Crippen molar-refractivity contribution in [3.63, 3.8) is 0 Å². The summed E-state index contributed by atoms with van der Waals surface area (Å²) in [6.45, 7) is 7.54. The SMILES string of the molecule is CCC(C)Oc1cc(C)ccc1CNC(=NC)NCc1cccc(N(C)C)n1.I. The fraction of sp³-hybridized carbons (Fsp3) is 0.455. The number of anilines is 1. The highest BCUT2D eigenvalue weighted by molar-refractivity contribution is 14.0. The van der Waals surface area contributed by atoms with Crippen LogP contribution in [0.15, 0.2) is 41.4 Å². The Hall–Kier alpha value is -2.03. The van der Waals surface area contributed by atoms with Gasteiger partial charge in [0, 0.05) is 33.3 Å². The van der Waals surface area contributed by atoms with Crippen molar-refractivity contribution in [2.24, 2.45) is 4.99 Å². The van der Waals surface area contributed by atoms with Crippen LogP contribution in [0.2, 0.25) is 0 Å². The van der Waals surface area contributed by atoms with Gasteiger partial charge in [0.15, 0.2) is 5.96 Å². The Morgan fingerprint density at radius 3 is 2.55 bits per heavy atom. The third-order valence-corrected chi connectivity index (χ3v) is 4.48. The van der Waals surface area contributed by atoms with E-state index in [1.54, 1.807) is 7.05 Å². The molecular formula is C22H34IN5O. The summed E-state index contributed by atoms with van der Waals surface area (Å²) in [6, 6.07) is 12.3. The molecule has 0 radical (unpaired) electrons. The number of halogens is 1. The second kappa shape index (κ2) is 12.5. The van der Waals surface area contributed by atoms with Crippen LogP contribution in [0.5, 0.6) is 5.75 Å². The number of rotatable bonds is 8. The van der Waals surface area contributed by atoms with Crippen LogP contribution in [-0.4, -0.2) is 38.2 Å². The first-order chi connectivity index (χ1) is 13.4. The zero-order chi connectivity index (χ0) is 20.5. The van der Waals surface area contributed by atoms with Crippen LogP contribution in [0.3, 0.4) is 0 Å². The summed E-state index contributed by atoms with van der Waals surface area (Å²) in [5.41, 5.74) is 3.27. The highest BCUT2D eigenvalue weighted by atomic mass is 127. The largest absolute Gasteiger partial charge is 0.490 e. The maximum absolute atomic E-state index is 6.09. The summed E-state index contributed by atoms with van der Waals surface area (Å²) in [4.78, 5) is 10.9. The second-order valence-electron chi connectivity index (χ2n) is 7.11. The summed E-state index contributed by atoms with van der Waals surface area (Å²) in [5, 5.41) is 6.69. The first-order valence-corrected chi connectivity index (χ1v) is 9.76. The molecule has 1 heterocycles. The minimum Gasteiger partial charge on any atom is -0.490 e. The van der Waals surface area contributed by atoms with E-state index in [4.69, 9.17) is 4.74 Å². The highest BCUT2D eigenvalue weighted by Gasteiger charge is 2.09. The Morgan fingerprint density at radius 2 is 1.90 bits per heavy atom. The zero-order valence-corrected chi connectivity index (χ0v) is 20.7. The maximum Gasteiger partial charge on any atom is 0.191 e. The van der Waals surface area contributed by atoms with Gasteiger partial charge in [0.2, 0.25) is 0 Å². The molecule has 29 heavy (non-hydrogen) atoms. The first kappa shape index (κ1) is 25.0. The number of aryl methyl sites for hydroxylation is 1. The number of ether oxygens (including phenoxy) is 1. The molecule has 160 valence electrons. The van der Waals surface area contributed by atoms with Crippen LogP contribution in [0.1, 0.15) is 37.1 Å². The first-order valence-electron chi connectivity index (χ1n) is 9.76. The quantitative estimate of drug-likeness (QED) is 0.317. The van der Waals surface area contributed by atoms with Crippen molar-refractivity contribution in [3.8, 4) is 5.75 Å². The summed E-state index contributed by atoms with van der Waals surface area (Å²) in [7, 11) is 5.74. The van der Waals surface area contributed by atoms with Gasteiger partial charge in [-0.3, -0.25) is 4.99 Å². The number of guanidine groups is 1. The molecule has 1 aromatic heterocycles. The van der Waals surface area contributed by atoms with Crippen molar-refractivity contribution < 1.29 is 4.74 Å². The number of aromatic nitrogens is 1. The Labute approximate surface area is 192 Å². The summed E-state index contributed by atoms with van der Waals surface area (Å²) < 4.78 is 6.09. The van der Waals surface area contributed by atoms with Gasteiger partial charge < -0.3 is 20.3 Å². The number of nitrogens with one attached hydrogen (secondary N) is 2. The fourth-order valence-electron chi connectivity index (χ4n) is 2.61. The highest BCUT2D eigenvalue weighted by Crippen LogP contribution is 2.22. The molecule has 0 aliphatic heterocycles. The molecule has 6 nitrogen and oxygen atoms in total. The Morgan fingerprint density at radius 1 is 1.17 bits per heavy atom. The molecule has 0 saturated heterocycles. The van der Waals surface area contributed by atoms with Crippen LogP contribution in [0.25, 0.3) is 0 Å². The van der Waals surface area contributed by atoms with Gasteiger partial charge in [0.1, 0.15) is 11.6 Å². The van der Waals surface area contributed by atoms with Gasteiger partial charge in [-0.2, -0.15) is 0 Å². The molecule has 2 rings (SSSR count). The van der Waals surface area contributed by atoms with Crippen LogP contribution < -0.4 is 20.3 Å². The van der Waals surface area contributed by atoms with Crippen molar-refractivity contribution >= 4 is 35.8 Å². The smallest absolute Gasteiger partial charge is 0.191 e. The minimum absolute atomic E-state index is 0. The Balaban J connectivity index is 0.00000420. The normalized spacial score (nSPS) is 12.0. The molecular weight excluding hydrogens is 477 g/mol. The van der Waals surface area contributed by atoms with Gasteiger partial charge in [-0.05, 0) is 44.0 Å². The predicted molar refractivity (Wildman–Crippen MR) is 133 cm³/mol. The van der Waals surface area contributed by atoms with Crippen molar-refractivity contribution in [2.75, 3.05) is 26.0 Å². The van der Waals surface area contributed by atoms with E-state index < -0.39 is 0 Å². The van der Waals surface area contributed by atoms with E-state index in [1.165, 1.54) is 5.56 Å². The monoisotopic (exact) mass is 511 g/mol. The number of hydrogen-bond donors (Lipinski definition) is 2. The van der Waals surface area contributed by atoms with Crippen LogP contribution in [0.4, 0.5) is 5.82 Å². The lowest BCUT2D eigenvalue weighted by Gasteiger charge is -2.18. The van der Waals surface area contributed by atoms with Gasteiger partial charge in [-0.25, -0.2) is 4.98 Å². The van der Waals surface area contributed by atoms with E-state index in [0.717, 1.165) is 35.2 Å². The molecule has 0 fully saturated rings. The standard InChI is InChI=1S/C22H33N5O.HI/c1-7-17(3)28-20-13-16(2)11-12-18(20)14-24-22(23-4)25-15-19-9-8-10-21(26-19)27(5)6;/h8-13,17H,7,14-15H2,1-6H3,(H2,23,24,25);1H. The maximum atomic E-state index is 6.09. The van der Waals surface area contributed by atoms with E-state index in [0.29, 0.717) is 13.1 Å². The molecule has 1 unspecified atom stereocenters. The summed E-state index contributed by atoms with van der Waals surface area (Å²) in [5.74, 6) is 2.60. The molecule has 0 bridgehead atoms. The Bertz CT molecular complexity index is 795. The molecule has 7 heteroatoms. The molecule has 0 amide bonds. The average molecular weight is 511 g/mol. The third-order valence-electron chi connectivity index (χ3n) is 4.48. The fourth-order valence-corrected chi connectivity index (χ4v) is 2.61. The van der Waals surface area contributed by atoms with Gasteiger partial charge in [-0.15, -0.1) is 24.0 Å². The molecule has 0 saturated carbocycles. The molecule has 2 aromatic rings. The lowest BCUT2D eigenvalue weighted by atomic mass is 10.1. The number of pyridine rings is 1.